The molecule has 1 aliphatic rings. The minimum absolute atomic E-state index is 0.180. The molecule has 1 aliphatic carbocycles. The van der Waals surface area contributed by atoms with E-state index in [0.29, 0.717) is 22.2 Å². The Morgan fingerprint density at radius 2 is 1.91 bits per heavy atom. The van der Waals surface area contributed by atoms with Gasteiger partial charge in [-0.25, -0.2) is 9.37 Å². The summed E-state index contributed by atoms with van der Waals surface area (Å²) in [7, 11) is 0. The Hall–Kier alpha value is -2.82. The second-order valence-electron chi connectivity index (χ2n) is 5.70. The van der Waals surface area contributed by atoms with Crippen molar-refractivity contribution in [2.75, 3.05) is 0 Å². The van der Waals surface area contributed by atoms with Gasteiger partial charge in [0.2, 0.25) is 0 Å². The van der Waals surface area contributed by atoms with Crippen molar-refractivity contribution < 1.29 is 9.18 Å². The number of carbonyl (C=O) groups excluding carboxylic acids is 1. The van der Waals surface area contributed by atoms with Gasteiger partial charge in [0.1, 0.15) is 5.82 Å². The fourth-order valence-electron chi connectivity index (χ4n) is 2.55. The fraction of sp³-hybridized carbons (Fsp3) is 0.167. The molecule has 114 valence electrons. The van der Waals surface area contributed by atoms with Crippen molar-refractivity contribution in [3.63, 3.8) is 0 Å². The van der Waals surface area contributed by atoms with Crippen molar-refractivity contribution in [1.82, 2.24) is 15.3 Å². The average Bonchev–Trinajstić information content (AvgIpc) is 3.38. The molecule has 1 N–H and O–H groups in total. The largest absolute Gasteiger partial charge is 0.349 e. The molecule has 0 atom stereocenters. The van der Waals surface area contributed by atoms with Crippen LogP contribution >= 0.6 is 0 Å². The van der Waals surface area contributed by atoms with E-state index in [0.717, 1.165) is 18.4 Å². The lowest BCUT2D eigenvalue weighted by molar-refractivity contribution is 0.0952. The normalized spacial score (nSPS) is 14.0. The molecule has 5 heteroatoms. The van der Waals surface area contributed by atoms with Crippen LogP contribution in [0, 0.1) is 5.82 Å². The van der Waals surface area contributed by atoms with Crippen LogP contribution in [0.2, 0.25) is 0 Å². The third kappa shape index (κ3) is 2.77. The number of carbonyl (C=O) groups is 1. The highest BCUT2D eigenvalue weighted by Crippen LogP contribution is 2.26. The summed E-state index contributed by atoms with van der Waals surface area (Å²) in [5.74, 6) is -0.558. The van der Waals surface area contributed by atoms with E-state index in [4.69, 9.17) is 0 Å². The van der Waals surface area contributed by atoms with Gasteiger partial charge in [0.15, 0.2) is 0 Å². The minimum atomic E-state index is -0.378. The summed E-state index contributed by atoms with van der Waals surface area (Å²) in [6, 6.07) is 9.94. The maximum absolute atomic E-state index is 13.6. The molecule has 3 aromatic rings. The van der Waals surface area contributed by atoms with E-state index in [9.17, 15) is 9.18 Å². The summed E-state index contributed by atoms with van der Waals surface area (Å²) in [6.07, 6.45) is 5.35. The van der Waals surface area contributed by atoms with Crippen molar-refractivity contribution in [1.29, 1.82) is 0 Å². The lowest BCUT2D eigenvalue weighted by atomic mass is 10.0. The highest BCUT2D eigenvalue weighted by Gasteiger charge is 2.25. The molecule has 0 spiro atoms. The summed E-state index contributed by atoms with van der Waals surface area (Å²) in [6.45, 7) is 0. The quantitative estimate of drug-likeness (QED) is 0.807. The van der Waals surface area contributed by atoms with Crippen LogP contribution in [0.15, 0.2) is 48.8 Å². The average molecular weight is 307 g/mol. The van der Waals surface area contributed by atoms with Crippen LogP contribution in [0.5, 0.6) is 0 Å². The molecular formula is C18H14FN3O. The highest BCUT2D eigenvalue weighted by atomic mass is 19.1. The molecular weight excluding hydrogens is 293 g/mol. The maximum atomic E-state index is 13.6. The van der Waals surface area contributed by atoms with E-state index < -0.39 is 0 Å². The zero-order valence-corrected chi connectivity index (χ0v) is 12.3. The third-order valence-corrected chi connectivity index (χ3v) is 3.90. The Morgan fingerprint density at radius 3 is 2.65 bits per heavy atom. The highest BCUT2D eigenvalue weighted by molar-refractivity contribution is 6.07. The molecule has 4 nitrogen and oxygen atoms in total. The predicted octanol–water partition coefficient (Wildman–Crippen LogP) is 3.33. The molecule has 1 amide bonds. The van der Waals surface area contributed by atoms with Crippen LogP contribution in [0.1, 0.15) is 23.2 Å². The first-order chi connectivity index (χ1) is 11.2. The fourth-order valence-corrected chi connectivity index (χ4v) is 2.55. The van der Waals surface area contributed by atoms with E-state index in [-0.39, 0.29) is 17.8 Å². The number of rotatable bonds is 3. The zero-order valence-electron chi connectivity index (χ0n) is 12.3. The Kier molecular flexibility index (Phi) is 3.26. The van der Waals surface area contributed by atoms with Crippen molar-refractivity contribution >= 4 is 16.8 Å². The molecule has 0 bridgehead atoms. The first-order valence-corrected chi connectivity index (χ1v) is 7.52. The summed E-state index contributed by atoms with van der Waals surface area (Å²) < 4.78 is 13.6. The molecule has 23 heavy (non-hydrogen) atoms. The van der Waals surface area contributed by atoms with Crippen LogP contribution in [-0.2, 0) is 0 Å². The molecule has 0 saturated heterocycles. The molecule has 1 saturated carbocycles. The number of aromatic nitrogens is 2. The van der Waals surface area contributed by atoms with Gasteiger partial charge in [-0.2, -0.15) is 0 Å². The summed E-state index contributed by atoms with van der Waals surface area (Å²) >= 11 is 0. The lowest BCUT2D eigenvalue weighted by Gasteiger charge is -2.10. The van der Waals surface area contributed by atoms with Gasteiger partial charge >= 0.3 is 0 Å². The topological polar surface area (TPSA) is 54.9 Å². The number of pyridine rings is 2. The summed E-state index contributed by atoms with van der Waals surface area (Å²) in [4.78, 5) is 21.1. The number of nitrogens with one attached hydrogen (secondary N) is 1. The number of hydrogen-bond donors (Lipinski definition) is 1. The van der Waals surface area contributed by atoms with Crippen LogP contribution < -0.4 is 5.32 Å². The van der Waals surface area contributed by atoms with E-state index in [2.05, 4.69) is 15.3 Å². The molecule has 0 aliphatic heterocycles. The molecule has 1 aromatic carbocycles. The number of amides is 1. The minimum Gasteiger partial charge on any atom is -0.349 e. The lowest BCUT2D eigenvalue weighted by Crippen LogP contribution is -2.25. The van der Waals surface area contributed by atoms with Crippen molar-refractivity contribution in [3.05, 3.63) is 60.2 Å². The number of nitrogens with zero attached hydrogens (tertiary/aromatic N) is 2. The van der Waals surface area contributed by atoms with Crippen molar-refractivity contribution in [2.45, 2.75) is 18.9 Å². The second-order valence-corrected chi connectivity index (χ2v) is 5.70. The smallest absolute Gasteiger partial charge is 0.252 e. The van der Waals surface area contributed by atoms with Crippen molar-refractivity contribution in [2.24, 2.45) is 0 Å². The first-order valence-electron chi connectivity index (χ1n) is 7.52. The van der Waals surface area contributed by atoms with Crippen LogP contribution in [0.25, 0.3) is 22.2 Å². The van der Waals surface area contributed by atoms with Gasteiger partial charge in [-0.3, -0.25) is 9.78 Å². The van der Waals surface area contributed by atoms with Crippen LogP contribution in [0.4, 0.5) is 4.39 Å². The van der Waals surface area contributed by atoms with Crippen LogP contribution in [-0.4, -0.2) is 21.9 Å². The monoisotopic (exact) mass is 307 g/mol. The number of hydrogen-bond acceptors (Lipinski definition) is 3. The van der Waals surface area contributed by atoms with Gasteiger partial charge in [0.25, 0.3) is 5.91 Å². The molecule has 2 heterocycles. The summed E-state index contributed by atoms with van der Waals surface area (Å²) in [5.41, 5.74) is 2.59. The maximum Gasteiger partial charge on any atom is 0.252 e. The van der Waals surface area contributed by atoms with Gasteiger partial charge in [-0.1, -0.05) is 0 Å². The number of benzene rings is 1. The van der Waals surface area contributed by atoms with Gasteiger partial charge in [0, 0.05) is 29.4 Å². The first kappa shape index (κ1) is 13.8. The summed E-state index contributed by atoms with van der Waals surface area (Å²) in [5, 5.41) is 3.49. The Labute approximate surface area is 132 Å². The van der Waals surface area contributed by atoms with Crippen LogP contribution in [0.3, 0.4) is 0 Å². The standard InChI is InChI=1S/C18H14FN3O/c19-12-1-4-16-14(9-12)15(18(23)21-13-2-3-13)10-17(22-16)11-5-7-20-8-6-11/h1,4-10,13H,2-3H2,(H,21,23). The van der Waals surface area contributed by atoms with E-state index in [1.165, 1.54) is 12.1 Å². The van der Waals surface area contributed by atoms with Gasteiger partial charge in [-0.05, 0) is 49.2 Å². The van der Waals surface area contributed by atoms with Gasteiger partial charge in [-0.15, -0.1) is 0 Å². The number of fused-ring (bicyclic) bond motifs is 1. The van der Waals surface area contributed by atoms with E-state index in [1.807, 2.05) is 12.1 Å². The molecule has 2 aromatic heterocycles. The van der Waals surface area contributed by atoms with Gasteiger partial charge < -0.3 is 5.32 Å². The Morgan fingerprint density at radius 1 is 1.13 bits per heavy atom. The molecule has 4 rings (SSSR count). The van der Waals surface area contributed by atoms with E-state index >= 15 is 0 Å². The SMILES string of the molecule is O=C(NC1CC1)c1cc(-c2ccncc2)nc2ccc(F)cc12. The predicted molar refractivity (Wildman–Crippen MR) is 85.4 cm³/mol. The van der Waals surface area contributed by atoms with Gasteiger partial charge in [0.05, 0.1) is 16.8 Å². The number of halogens is 1. The zero-order chi connectivity index (χ0) is 15.8. The van der Waals surface area contributed by atoms with Crippen molar-refractivity contribution in [3.8, 4) is 11.3 Å². The molecule has 0 radical (unpaired) electrons. The molecule has 1 fully saturated rings. The Bertz CT molecular complexity index is 891. The Balaban J connectivity index is 1.89. The van der Waals surface area contributed by atoms with E-state index in [1.54, 1.807) is 24.5 Å². The molecule has 0 unspecified atom stereocenters. The third-order valence-electron chi connectivity index (χ3n) is 3.90. The second kappa shape index (κ2) is 5.43.